The number of hydrogen-bond donors (Lipinski definition) is 2. The van der Waals surface area contributed by atoms with E-state index in [9.17, 15) is 0 Å². The summed E-state index contributed by atoms with van der Waals surface area (Å²) in [4.78, 5) is 4.13. The molecule has 0 aromatic carbocycles. The predicted octanol–water partition coefficient (Wildman–Crippen LogP) is 2.14. The van der Waals surface area contributed by atoms with Gasteiger partial charge in [0.2, 0.25) is 0 Å². The molecule has 0 radical (unpaired) electrons. The summed E-state index contributed by atoms with van der Waals surface area (Å²) in [6, 6.07) is 5.44. The first-order valence-corrected chi connectivity index (χ1v) is 4.93. The molecule has 0 saturated carbocycles. The first kappa shape index (κ1) is 11.3. The molecule has 0 aliphatic rings. The van der Waals surface area contributed by atoms with Crippen molar-refractivity contribution in [1.82, 2.24) is 4.98 Å². The Labute approximate surface area is 90.1 Å². The Kier molecular flexibility index (Phi) is 3.15. The van der Waals surface area contributed by atoms with Crippen LogP contribution >= 0.6 is 0 Å². The number of nitrogens with one attached hydrogen (secondary N) is 1. The van der Waals surface area contributed by atoms with Crippen molar-refractivity contribution < 1.29 is 0 Å². The molecule has 3 N–H and O–H groups in total. The maximum atomic E-state index is 8.78. The number of rotatable bonds is 3. The van der Waals surface area contributed by atoms with Crippen LogP contribution in [0.2, 0.25) is 0 Å². The molecule has 0 fully saturated rings. The Morgan fingerprint density at radius 3 is 2.73 bits per heavy atom. The molecule has 4 nitrogen and oxygen atoms in total. The Bertz CT molecular complexity index is 390. The van der Waals surface area contributed by atoms with E-state index in [1.165, 1.54) is 0 Å². The van der Waals surface area contributed by atoms with Crippen LogP contribution in [-0.4, -0.2) is 10.5 Å². The largest absolute Gasteiger partial charge is 0.396 e. The van der Waals surface area contributed by atoms with Crippen molar-refractivity contribution in [2.24, 2.45) is 0 Å². The molecule has 1 rings (SSSR count). The Hall–Kier alpha value is -1.76. The van der Waals surface area contributed by atoms with E-state index in [4.69, 9.17) is 11.0 Å². The van der Waals surface area contributed by atoms with Gasteiger partial charge in [0.25, 0.3) is 0 Å². The fourth-order valence-corrected chi connectivity index (χ4v) is 1.06. The number of nitriles is 1. The van der Waals surface area contributed by atoms with E-state index in [0.717, 1.165) is 6.42 Å². The van der Waals surface area contributed by atoms with Crippen molar-refractivity contribution in [2.75, 3.05) is 11.1 Å². The first-order valence-electron chi connectivity index (χ1n) is 4.93. The number of pyridine rings is 1. The predicted molar refractivity (Wildman–Crippen MR) is 61.4 cm³/mol. The van der Waals surface area contributed by atoms with Gasteiger partial charge in [0.15, 0.2) is 5.69 Å². The van der Waals surface area contributed by atoms with Gasteiger partial charge >= 0.3 is 0 Å². The van der Waals surface area contributed by atoms with Gasteiger partial charge in [-0.1, -0.05) is 6.92 Å². The lowest BCUT2D eigenvalue weighted by Gasteiger charge is -2.25. The van der Waals surface area contributed by atoms with Gasteiger partial charge in [-0.3, -0.25) is 0 Å². The molecule has 0 saturated heterocycles. The molecule has 15 heavy (non-hydrogen) atoms. The molecule has 1 heterocycles. The molecular weight excluding hydrogens is 188 g/mol. The summed E-state index contributed by atoms with van der Waals surface area (Å²) in [6.07, 6.45) is 0.973. The lowest BCUT2D eigenvalue weighted by Crippen LogP contribution is -2.30. The molecule has 0 aliphatic carbocycles. The standard InChI is InChI=1S/C11H16N4/c1-4-11(2,3)15-10-6-5-8(13)9(7-12)14-10/h5-6H,4,13H2,1-3H3,(H,14,15). The third-order valence-corrected chi connectivity index (χ3v) is 2.38. The van der Waals surface area contributed by atoms with Crippen molar-refractivity contribution in [3.63, 3.8) is 0 Å². The van der Waals surface area contributed by atoms with E-state index in [2.05, 4.69) is 31.1 Å². The van der Waals surface area contributed by atoms with Crippen LogP contribution in [0.4, 0.5) is 11.5 Å². The van der Waals surface area contributed by atoms with Gasteiger partial charge in [-0.25, -0.2) is 4.98 Å². The van der Waals surface area contributed by atoms with Gasteiger partial charge in [0, 0.05) is 5.54 Å². The highest BCUT2D eigenvalue weighted by Crippen LogP contribution is 2.18. The smallest absolute Gasteiger partial charge is 0.165 e. The SMILES string of the molecule is CCC(C)(C)Nc1ccc(N)c(C#N)n1. The second kappa shape index (κ2) is 4.18. The van der Waals surface area contributed by atoms with E-state index < -0.39 is 0 Å². The van der Waals surface area contributed by atoms with E-state index in [1.807, 2.05) is 6.07 Å². The van der Waals surface area contributed by atoms with Crippen LogP contribution in [0, 0.1) is 11.3 Å². The summed E-state index contributed by atoms with van der Waals surface area (Å²) in [7, 11) is 0. The zero-order valence-corrected chi connectivity index (χ0v) is 9.33. The number of aromatic nitrogens is 1. The summed E-state index contributed by atoms with van der Waals surface area (Å²) in [5.74, 6) is 0.688. The quantitative estimate of drug-likeness (QED) is 0.791. The summed E-state index contributed by atoms with van der Waals surface area (Å²) >= 11 is 0. The minimum absolute atomic E-state index is 0.0319. The normalized spacial score (nSPS) is 10.8. The second-order valence-electron chi connectivity index (χ2n) is 4.11. The minimum atomic E-state index is -0.0319. The van der Waals surface area contributed by atoms with E-state index in [0.29, 0.717) is 11.5 Å². The van der Waals surface area contributed by atoms with E-state index in [-0.39, 0.29) is 11.2 Å². The molecule has 0 spiro atoms. The molecule has 0 unspecified atom stereocenters. The molecule has 0 atom stereocenters. The zero-order valence-electron chi connectivity index (χ0n) is 9.33. The summed E-state index contributed by atoms with van der Waals surface area (Å²) in [5, 5.41) is 12.0. The maximum absolute atomic E-state index is 8.78. The van der Waals surface area contributed by atoms with Gasteiger partial charge < -0.3 is 11.1 Å². The van der Waals surface area contributed by atoms with Crippen molar-refractivity contribution in [2.45, 2.75) is 32.7 Å². The van der Waals surface area contributed by atoms with Gasteiger partial charge in [0.05, 0.1) is 5.69 Å². The highest BCUT2D eigenvalue weighted by atomic mass is 15.0. The van der Waals surface area contributed by atoms with Crippen molar-refractivity contribution in [1.29, 1.82) is 5.26 Å². The first-order chi connectivity index (χ1) is 6.98. The third kappa shape index (κ3) is 2.84. The molecular formula is C11H16N4. The molecule has 1 aromatic rings. The Morgan fingerprint density at radius 1 is 1.53 bits per heavy atom. The molecule has 0 bridgehead atoms. The van der Waals surface area contributed by atoms with Crippen LogP contribution in [0.1, 0.15) is 32.9 Å². The topological polar surface area (TPSA) is 74.7 Å². The van der Waals surface area contributed by atoms with Gasteiger partial charge in [-0.15, -0.1) is 0 Å². The van der Waals surface area contributed by atoms with Crippen molar-refractivity contribution in [3.05, 3.63) is 17.8 Å². The average Bonchev–Trinajstić information content (AvgIpc) is 2.20. The summed E-state index contributed by atoms with van der Waals surface area (Å²) < 4.78 is 0. The third-order valence-electron chi connectivity index (χ3n) is 2.38. The van der Waals surface area contributed by atoms with E-state index in [1.54, 1.807) is 12.1 Å². The Morgan fingerprint density at radius 2 is 2.20 bits per heavy atom. The second-order valence-corrected chi connectivity index (χ2v) is 4.11. The number of hydrogen-bond acceptors (Lipinski definition) is 4. The molecule has 0 aliphatic heterocycles. The molecule has 0 amide bonds. The summed E-state index contributed by atoms with van der Waals surface area (Å²) in [6.45, 7) is 6.25. The highest BCUT2D eigenvalue weighted by Gasteiger charge is 2.15. The monoisotopic (exact) mass is 204 g/mol. The lowest BCUT2D eigenvalue weighted by atomic mass is 10.0. The maximum Gasteiger partial charge on any atom is 0.165 e. The molecule has 80 valence electrons. The average molecular weight is 204 g/mol. The van der Waals surface area contributed by atoms with Crippen LogP contribution in [0.15, 0.2) is 12.1 Å². The van der Waals surface area contributed by atoms with Crippen molar-refractivity contribution in [3.8, 4) is 6.07 Å². The minimum Gasteiger partial charge on any atom is -0.396 e. The van der Waals surface area contributed by atoms with Crippen LogP contribution in [-0.2, 0) is 0 Å². The van der Waals surface area contributed by atoms with Crippen molar-refractivity contribution >= 4 is 11.5 Å². The van der Waals surface area contributed by atoms with Gasteiger partial charge in [-0.2, -0.15) is 5.26 Å². The zero-order chi connectivity index (χ0) is 11.5. The number of nitrogens with zero attached hydrogens (tertiary/aromatic N) is 2. The number of anilines is 2. The summed E-state index contributed by atoms with van der Waals surface area (Å²) in [5.41, 5.74) is 6.24. The van der Waals surface area contributed by atoms with Gasteiger partial charge in [0.1, 0.15) is 11.9 Å². The van der Waals surface area contributed by atoms with Crippen LogP contribution in [0.3, 0.4) is 0 Å². The number of nitrogen functional groups attached to an aromatic ring is 1. The highest BCUT2D eigenvalue weighted by molar-refractivity contribution is 5.55. The number of nitrogens with two attached hydrogens (primary N) is 1. The molecule has 4 heteroatoms. The molecule has 1 aromatic heterocycles. The van der Waals surface area contributed by atoms with Crippen LogP contribution in [0.25, 0.3) is 0 Å². The Balaban J connectivity index is 2.94. The fraction of sp³-hybridized carbons (Fsp3) is 0.455. The lowest BCUT2D eigenvalue weighted by molar-refractivity contribution is 0.545. The van der Waals surface area contributed by atoms with Crippen LogP contribution < -0.4 is 11.1 Å². The van der Waals surface area contributed by atoms with Gasteiger partial charge in [-0.05, 0) is 32.4 Å². The fourth-order valence-electron chi connectivity index (χ4n) is 1.06. The van der Waals surface area contributed by atoms with E-state index >= 15 is 0 Å². The van der Waals surface area contributed by atoms with Crippen LogP contribution in [0.5, 0.6) is 0 Å².